The molecular formula is C29H28N2O2. The molecule has 3 aromatic rings. The maximum Gasteiger partial charge on any atom is 0.343 e. The monoisotopic (exact) mass is 436 g/mol. The van der Waals surface area contributed by atoms with Crippen LogP contribution in [0.1, 0.15) is 72.5 Å². The predicted molar refractivity (Wildman–Crippen MR) is 130 cm³/mol. The standard InChI is InChI=1S/C29H28N2O2/c1-2-3-4-5-6-7-8-22-9-13-24(14-10-22)26-17-18-28(27(19-26)21-31)33-29(32)25-15-11-23(20-30)12-16-25/h9-19H,2-8H2,1H3. The summed E-state index contributed by atoms with van der Waals surface area (Å²) >= 11 is 0. The molecule has 0 saturated heterocycles. The van der Waals surface area contributed by atoms with Gasteiger partial charge in [0.1, 0.15) is 11.8 Å². The maximum atomic E-state index is 12.4. The highest BCUT2D eigenvalue weighted by Crippen LogP contribution is 2.27. The molecule has 0 aliphatic carbocycles. The van der Waals surface area contributed by atoms with Crippen LogP contribution in [0.15, 0.2) is 66.7 Å². The van der Waals surface area contributed by atoms with Gasteiger partial charge in [-0.05, 0) is 65.9 Å². The molecule has 0 radical (unpaired) electrons. The Morgan fingerprint density at radius 1 is 0.788 bits per heavy atom. The van der Waals surface area contributed by atoms with Crippen molar-refractivity contribution >= 4 is 5.97 Å². The number of unbranched alkanes of at least 4 members (excludes halogenated alkanes) is 5. The first-order chi connectivity index (χ1) is 16.1. The zero-order chi connectivity index (χ0) is 23.5. The van der Waals surface area contributed by atoms with Gasteiger partial charge in [-0.1, -0.05) is 69.4 Å². The van der Waals surface area contributed by atoms with E-state index in [1.165, 1.54) is 56.2 Å². The van der Waals surface area contributed by atoms with Gasteiger partial charge in [-0.15, -0.1) is 0 Å². The lowest BCUT2D eigenvalue weighted by atomic mass is 9.99. The molecule has 166 valence electrons. The van der Waals surface area contributed by atoms with Crippen molar-refractivity contribution in [2.24, 2.45) is 0 Å². The van der Waals surface area contributed by atoms with Crippen molar-refractivity contribution in [1.82, 2.24) is 0 Å². The first-order valence-electron chi connectivity index (χ1n) is 11.5. The number of carbonyl (C=O) groups excluding carboxylic acids is 1. The van der Waals surface area contributed by atoms with E-state index in [9.17, 15) is 10.1 Å². The predicted octanol–water partition coefficient (Wildman–Crippen LogP) is 7.22. The van der Waals surface area contributed by atoms with Crippen molar-refractivity contribution in [1.29, 1.82) is 10.5 Å². The maximum absolute atomic E-state index is 12.4. The van der Waals surface area contributed by atoms with Gasteiger partial charge in [0.25, 0.3) is 0 Å². The van der Waals surface area contributed by atoms with Gasteiger partial charge in [0.05, 0.1) is 22.8 Å². The highest BCUT2D eigenvalue weighted by atomic mass is 16.5. The lowest BCUT2D eigenvalue weighted by molar-refractivity contribution is 0.0734. The topological polar surface area (TPSA) is 73.9 Å². The van der Waals surface area contributed by atoms with Crippen LogP contribution in [-0.4, -0.2) is 5.97 Å². The molecule has 0 aliphatic heterocycles. The SMILES string of the molecule is CCCCCCCCc1ccc(-c2ccc(OC(=O)c3ccc(C#N)cc3)c(C#N)c2)cc1. The molecule has 3 rings (SSSR count). The van der Waals surface area contributed by atoms with E-state index in [0.29, 0.717) is 16.7 Å². The number of esters is 1. The van der Waals surface area contributed by atoms with Crippen LogP contribution in [-0.2, 0) is 6.42 Å². The molecule has 0 unspecified atom stereocenters. The van der Waals surface area contributed by atoms with Crippen molar-refractivity contribution in [2.75, 3.05) is 0 Å². The number of ether oxygens (including phenoxy) is 1. The Balaban J connectivity index is 1.63. The van der Waals surface area contributed by atoms with Crippen LogP contribution in [0.25, 0.3) is 11.1 Å². The molecule has 0 amide bonds. The molecular weight excluding hydrogens is 408 g/mol. The highest BCUT2D eigenvalue weighted by Gasteiger charge is 2.13. The van der Waals surface area contributed by atoms with Gasteiger partial charge < -0.3 is 4.74 Å². The zero-order valence-corrected chi connectivity index (χ0v) is 19.0. The van der Waals surface area contributed by atoms with Crippen molar-refractivity contribution in [3.63, 3.8) is 0 Å². The first kappa shape index (κ1) is 23.8. The molecule has 0 bridgehead atoms. The first-order valence-corrected chi connectivity index (χ1v) is 11.5. The Kier molecular flexibility index (Phi) is 8.80. The molecule has 3 aromatic carbocycles. The second-order valence-electron chi connectivity index (χ2n) is 8.12. The van der Waals surface area contributed by atoms with Crippen LogP contribution in [0, 0.1) is 22.7 Å². The summed E-state index contributed by atoms with van der Waals surface area (Å²) in [5, 5.41) is 18.5. The van der Waals surface area contributed by atoms with E-state index >= 15 is 0 Å². The molecule has 0 saturated carbocycles. The average Bonchev–Trinajstić information content (AvgIpc) is 2.86. The minimum absolute atomic E-state index is 0.218. The Bertz CT molecular complexity index is 1150. The number of hydrogen-bond donors (Lipinski definition) is 0. The Morgan fingerprint density at radius 3 is 2.12 bits per heavy atom. The molecule has 4 heteroatoms. The third-order valence-corrected chi connectivity index (χ3v) is 5.66. The number of aryl methyl sites for hydroxylation is 1. The van der Waals surface area contributed by atoms with Crippen LogP contribution in [0.3, 0.4) is 0 Å². The summed E-state index contributed by atoms with van der Waals surface area (Å²) < 4.78 is 5.44. The van der Waals surface area contributed by atoms with Crippen LogP contribution in [0.2, 0.25) is 0 Å². The van der Waals surface area contributed by atoms with Crippen molar-refractivity contribution in [2.45, 2.75) is 51.9 Å². The molecule has 4 nitrogen and oxygen atoms in total. The fourth-order valence-electron chi connectivity index (χ4n) is 3.70. The van der Waals surface area contributed by atoms with Gasteiger partial charge in [0.15, 0.2) is 0 Å². The summed E-state index contributed by atoms with van der Waals surface area (Å²) in [6.45, 7) is 2.23. The Labute approximate surface area is 196 Å². The molecule has 0 heterocycles. The van der Waals surface area contributed by atoms with E-state index in [4.69, 9.17) is 10.00 Å². The van der Waals surface area contributed by atoms with Crippen LogP contribution in [0.5, 0.6) is 5.75 Å². The van der Waals surface area contributed by atoms with Crippen molar-refractivity contribution < 1.29 is 9.53 Å². The van der Waals surface area contributed by atoms with E-state index < -0.39 is 5.97 Å². The summed E-state index contributed by atoms with van der Waals surface area (Å²) in [7, 11) is 0. The fourth-order valence-corrected chi connectivity index (χ4v) is 3.70. The largest absolute Gasteiger partial charge is 0.422 e. The van der Waals surface area contributed by atoms with Gasteiger partial charge in [0.2, 0.25) is 0 Å². The van der Waals surface area contributed by atoms with Crippen LogP contribution < -0.4 is 4.74 Å². The highest BCUT2D eigenvalue weighted by molar-refractivity contribution is 5.91. The smallest absolute Gasteiger partial charge is 0.343 e. The lowest BCUT2D eigenvalue weighted by Gasteiger charge is -2.09. The van der Waals surface area contributed by atoms with E-state index in [0.717, 1.165) is 17.5 Å². The van der Waals surface area contributed by atoms with E-state index in [1.54, 1.807) is 24.3 Å². The summed E-state index contributed by atoms with van der Waals surface area (Å²) in [4.78, 5) is 12.4. The zero-order valence-electron chi connectivity index (χ0n) is 19.0. The van der Waals surface area contributed by atoms with Gasteiger partial charge in [-0.25, -0.2) is 4.79 Å². The van der Waals surface area contributed by atoms with Gasteiger partial charge in [-0.2, -0.15) is 10.5 Å². The van der Waals surface area contributed by atoms with Crippen LogP contribution in [0.4, 0.5) is 0 Å². The number of carbonyl (C=O) groups is 1. The molecule has 0 aromatic heterocycles. The quantitative estimate of drug-likeness (QED) is 0.191. The van der Waals surface area contributed by atoms with Crippen molar-refractivity contribution in [3.05, 3.63) is 89.0 Å². The second kappa shape index (κ2) is 12.2. The Hall–Kier alpha value is -3.89. The summed E-state index contributed by atoms with van der Waals surface area (Å²) in [5.74, 6) is -0.349. The molecule has 0 N–H and O–H groups in total. The molecule has 0 spiro atoms. The number of hydrogen-bond acceptors (Lipinski definition) is 4. The molecule has 0 fully saturated rings. The summed E-state index contributed by atoms with van der Waals surface area (Å²) in [5.41, 5.74) is 4.32. The molecule has 33 heavy (non-hydrogen) atoms. The molecule has 0 atom stereocenters. The molecule has 0 aliphatic rings. The minimum Gasteiger partial charge on any atom is -0.422 e. The average molecular weight is 437 g/mol. The van der Waals surface area contributed by atoms with Gasteiger partial charge >= 0.3 is 5.97 Å². The van der Waals surface area contributed by atoms with E-state index in [1.807, 2.05) is 12.1 Å². The third kappa shape index (κ3) is 6.79. The minimum atomic E-state index is -0.567. The number of benzene rings is 3. The lowest BCUT2D eigenvalue weighted by Crippen LogP contribution is -2.09. The van der Waals surface area contributed by atoms with E-state index in [2.05, 4.69) is 37.3 Å². The fraction of sp³-hybridized carbons (Fsp3) is 0.276. The van der Waals surface area contributed by atoms with Crippen LogP contribution >= 0.6 is 0 Å². The summed E-state index contributed by atoms with van der Waals surface area (Å²) in [6, 6.07) is 24.0. The number of nitrogens with zero attached hydrogens (tertiary/aromatic N) is 2. The number of rotatable bonds is 10. The third-order valence-electron chi connectivity index (χ3n) is 5.66. The van der Waals surface area contributed by atoms with Gasteiger partial charge in [0, 0.05) is 0 Å². The second-order valence-corrected chi connectivity index (χ2v) is 8.12. The van der Waals surface area contributed by atoms with Crippen molar-refractivity contribution in [3.8, 4) is 29.0 Å². The summed E-state index contributed by atoms with van der Waals surface area (Å²) in [6.07, 6.45) is 8.81. The number of nitriles is 2. The Morgan fingerprint density at radius 2 is 1.45 bits per heavy atom. The normalized spacial score (nSPS) is 10.3. The van der Waals surface area contributed by atoms with Gasteiger partial charge in [-0.3, -0.25) is 0 Å². The van der Waals surface area contributed by atoms with E-state index in [-0.39, 0.29) is 5.75 Å².